The van der Waals surface area contributed by atoms with Gasteiger partial charge in [0, 0.05) is 26.0 Å². The van der Waals surface area contributed by atoms with Crippen molar-refractivity contribution in [2.45, 2.75) is 64.3 Å². The minimum absolute atomic E-state index is 0.0150. The fourth-order valence-electron chi connectivity index (χ4n) is 3.74. The molecule has 2 aromatic rings. The molecule has 13 heteroatoms. The molecule has 1 N–H and O–H groups in total. The third-order valence-corrected chi connectivity index (χ3v) is 5.69. The second-order valence-electron chi connectivity index (χ2n) is 9.21. The van der Waals surface area contributed by atoms with Gasteiger partial charge in [0.15, 0.2) is 17.6 Å². The number of rotatable bonds is 17. The zero-order valence-electron chi connectivity index (χ0n) is 22.8. The van der Waals surface area contributed by atoms with Crippen molar-refractivity contribution in [1.82, 2.24) is 4.90 Å². The molecule has 0 radical (unpaired) electrons. The van der Waals surface area contributed by atoms with Crippen LogP contribution in [-0.4, -0.2) is 66.8 Å². The average molecular weight is 592 g/mol. The van der Waals surface area contributed by atoms with Gasteiger partial charge in [-0.05, 0) is 56.5 Å². The van der Waals surface area contributed by atoms with Gasteiger partial charge in [-0.3, -0.25) is 0 Å². The van der Waals surface area contributed by atoms with E-state index < -0.39 is 42.0 Å². The highest BCUT2D eigenvalue weighted by Crippen LogP contribution is 2.32. The number of unbranched alkanes of at least 4 members (excludes halogenated alkanes) is 2. The molecular weight excluding hydrogens is 557 g/mol. The number of amides is 1. The van der Waals surface area contributed by atoms with Crippen LogP contribution in [0.1, 0.15) is 45.1 Å². The number of carboxylic acid groups (broad SMARTS) is 1. The topological polar surface area (TPSA) is 94.5 Å². The van der Waals surface area contributed by atoms with E-state index in [9.17, 15) is 36.6 Å². The molecule has 1 atom stereocenters. The normalized spacial score (nSPS) is 12.5. The number of halogens is 5. The second kappa shape index (κ2) is 16.0. The van der Waals surface area contributed by atoms with Gasteiger partial charge in [-0.1, -0.05) is 30.7 Å². The van der Waals surface area contributed by atoms with Gasteiger partial charge < -0.3 is 29.0 Å². The summed E-state index contributed by atoms with van der Waals surface area (Å²) in [5.41, 5.74) is 0.709. The molecule has 228 valence electrons. The SMILES string of the molecule is CCOC(Cc1ccc(OCCN(CCCCCC(C)(F)F)C(=O)Oc2ccccc2OC(F)(F)F)cc1)C(=O)O. The van der Waals surface area contributed by atoms with Crippen LogP contribution in [0.5, 0.6) is 17.2 Å². The van der Waals surface area contributed by atoms with E-state index in [1.807, 2.05) is 0 Å². The summed E-state index contributed by atoms with van der Waals surface area (Å²) in [6.07, 6.45) is -6.12. The van der Waals surface area contributed by atoms with Crippen molar-refractivity contribution >= 4 is 12.1 Å². The van der Waals surface area contributed by atoms with Gasteiger partial charge in [-0.2, -0.15) is 0 Å². The van der Waals surface area contributed by atoms with Crippen LogP contribution in [0, 0.1) is 0 Å². The van der Waals surface area contributed by atoms with E-state index in [4.69, 9.17) is 14.2 Å². The highest BCUT2D eigenvalue weighted by molar-refractivity contribution is 5.73. The first kappa shape index (κ1) is 33.6. The van der Waals surface area contributed by atoms with Crippen LogP contribution in [0.2, 0.25) is 0 Å². The van der Waals surface area contributed by atoms with Crippen LogP contribution in [-0.2, 0) is 16.0 Å². The number of carboxylic acids is 1. The molecule has 1 unspecified atom stereocenters. The molecule has 41 heavy (non-hydrogen) atoms. The molecule has 0 aliphatic rings. The zero-order chi connectivity index (χ0) is 30.5. The number of carbonyl (C=O) groups is 2. The van der Waals surface area contributed by atoms with Gasteiger partial charge in [-0.25, -0.2) is 18.4 Å². The lowest BCUT2D eigenvalue weighted by atomic mass is 10.1. The Kier molecular flexibility index (Phi) is 13.1. The molecule has 0 saturated carbocycles. The predicted octanol–water partition coefficient (Wildman–Crippen LogP) is 6.71. The standard InChI is InChI=1S/C28H34F5NO7/c1-3-38-24(25(35)36)19-20-11-13-21(14-12-20)39-18-17-34(16-8-4-7-15-27(2,29)30)26(37)40-22-9-5-6-10-23(22)41-28(31,32)33/h5-6,9-14,24H,3-4,7-8,15-19H2,1-2H3,(H,35,36). The quantitative estimate of drug-likeness (QED) is 0.161. The number of aliphatic carboxylic acids is 1. The molecule has 0 aromatic heterocycles. The van der Waals surface area contributed by atoms with E-state index in [-0.39, 0.29) is 45.6 Å². The maximum absolute atomic E-state index is 13.1. The summed E-state index contributed by atoms with van der Waals surface area (Å²) in [5, 5.41) is 9.24. The Bertz CT molecular complexity index is 1090. The molecule has 0 aliphatic heterocycles. The van der Waals surface area contributed by atoms with E-state index in [1.54, 1.807) is 31.2 Å². The van der Waals surface area contributed by atoms with Crippen LogP contribution in [0.3, 0.4) is 0 Å². The third-order valence-electron chi connectivity index (χ3n) is 5.69. The van der Waals surface area contributed by atoms with Gasteiger partial charge in [0.1, 0.15) is 12.4 Å². The van der Waals surface area contributed by atoms with Crippen molar-refractivity contribution < 1.29 is 55.6 Å². The van der Waals surface area contributed by atoms with Crippen molar-refractivity contribution in [2.75, 3.05) is 26.3 Å². The summed E-state index contributed by atoms with van der Waals surface area (Å²) >= 11 is 0. The number of alkyl halides is 5. The number of ether oxygens (including phenoxy) is 4. The molecule has 2 aromatic carbocycles. The largest absolute Gasteiger partial charge is 0.573 e. The maximum Gasteiger partial charge on any atom is 0.573 e. The van der Waals surface area contributed by atoms with Gasteiger partial charge in [-0.15, -0.1) is 13.2 Å². The van der Waals surface area contributed by atoms with Crippen molar-refractivity contribution in [1.29, 1.82) is 0 Å². The van der Waals surface area contributed by atoms with Crippen LogP contribution in [0.25, 0.3) is 0 Å². The maximum atomic E-state index is 13.1. The molecule has 8 nitrogen and oxygen atoms in total. The molecule has 2 rings (SSSR count). The number of hydrogen-bond acceptors (Lipinski definition) is 6. The summed E-state index contributed by atoms with van der Waals surface area (Å²) in [7, 11) is 0. The molecule has 0 fully saturated rings. The third kappa shape index (κ3) is 13.5. The first-order chi connectivity index (χ1) is 19.3. The van der Waals surface area contributed by atoms with Crippen LogP contribution >= 0.6 is 0 Å². The smallest absolute Gasteiger partial charge is 0.492 e. The number of carbonyl (C=O) groups excluding carboxylic acids is 1. The van der Waals surface area contributed by atoms with Crippen LogP contribution in [0.15, 0.2) is 48.5 Å². The fraction of sp³-hybridized carbons (Fsp3) is 0.500. The first-order valence-electron chi connectivity index (χ1n) is 13.0. The summed E-state index contributed by atoms with van der Waals surface area (Å²) in [5.74, 6) is -4.57. The van der Waals surface area contributed by atoms with Crippen LogP contribution in [0.4, 0.5) is 26.7 Å². The fourth-order valence-corrected chi connectivity index (χ4v) is 3.74. The Morgan fingerprint density at radius 2 is 1.59 bits per heavy atom. The van der Waals surface area contributed by atoms with Crippen molar-refractivity contribution in [3.63, 3.8) is 0 Å². The molecule has 0 aliphatic carbocycles. The van der Waals surface area contributed by atoms with Gasteiger partial charge in [0.25, 0.3) is 0 Å². The number of para-hydroxylation sites is 2. The lowest BCUT2D eigenvalue weighted by Gasteiger charge is -2.23. The minimum atomic E-state index is -5.00. The molecule has 0 spiro atoms. The van der Waals surface area contributed by atoms with Crippen molar-refractivity contribution in [2.24, 2.45) is 0 Å². The van der Waals surface area contributed by atoms with Crippen LogP contribution < -0.4 is 14.2 Å². The Hall–Kier alpha value is -3.61. The van der Waals surface area contributed by atoms with Gasteiger partial charge >= 0.3 is 18.4 Å². The van der Waals surface area contributed by atoms with Crippen molar-refractivity contribution in [3.05, 3.63) is 54.1 Å². The van der Waals surface area contributed by atoms with E-state index >= 15 is 0 Å². The predicted molar refractivity (Wildman–Crippen MR) is 139 cm³/mol. The molecule has 0 saturated heterocycles. The number of benzene rings is 2. The summed E-state index contributed by atoms with van der Waals surface area (Å²) in [6, 6.07) is 11.4. The van der Waals surface area contributed by atoms with Gasteiger partial charge in [0.05, 0.1) is 6.54 Å². The van der Waals surface area contributed by atoms with E-state index in [0.29, 0.717) is 24.2 Å². The minimum Gasteiger partial charge on any atom is -0.492 e. The summed E-state index contributed by atoms with van der Waals surface area (Å²) < 4.78 is 84.4. The Morgan fingerprint density at radius 3 is 2.17 bits per heavy atom. The lowest BCUT2D eigenvalue weighted by Crippen LogP contribution is -2.37. The number of hydrogen-bond donors (Lipinski definition) is 1. The highest BCUT2D eigenvalue weighted by Gasteiger charge is 2.33. The monoisotopic (exact) mass is 591 g/mol. The van der Waals surface area contributed by atoms with E-state index in [1.165, 1.54) is 17.0 Å². The van der Waals surface area contributed by atoms with E-state index in [2.05, 4.69) is 4.74 Å². The zero-order valence-corrected chi connectivity index (χ0v) is 22.8. The first-order valence-corrected chi connectivity index (χ1v) is 13.0. The Morgan fingerprint density at radius 1 is 0.927 bits per heavy atom. The average Bonchev–Trinajstić information content (AvgIpc) is 2.87. The van der Waals surface area contributed by atoms with Crippen molar-refractivity contribution in [3.8, 4) is 17.2 Å². The highest BCUT2D eigenvalue weighted by atomic mass is 19.4. The second-order valence-corrected chi connectivity index (χ2v) is 9.21. The molecule has 0 heterocycles. The molecule has 0 bridgehead atoms. The number of nitrogens with zero attached hydrogens (tertiary/aromatic N) is 1. The van der Waals surface area contributed by atoms with E-state index in [0.717, 1.165) is 19.1 Å². The van der Waals surface area contributed by atoms with Gasteiger partial charge in [0.2, 0.25) is 5.92 Å². The molecule has 1 amide bonds. The summed E-state index contributed by atoms with van der Waals surface area (Å²) in [6.45, 7) is 2.84. The Balaban J connectivity index is 2.01. The summed E-state index contributed by atoms with van der Waals surface area (Å²) in [4.78, 5) is 25.4. The Labute approximate surface area is 234 Å². The molecular formula is C28H34F5NO7. The lowest BCUT2D eigenvalue weighted by molar-refractivity contribution is -0.275.